The summed E-state index contributed by atoms with van der Waals surface area (Å²) in [5.74, 6) is 1.51. The molecule has 1 atom stereocenters. The van der Waals surface area contributed by atoms with E-state index in [-0.39, 0.29) is 18.1 Å². The summed E-state index contributed by atoms with van der Waals surface area (Å²) in [7, 11) is 0. The van der Waals surface area contributed by atoms with Gasteiger partial charge in [-0.3, -0.25) is 0 Å². The maximum atomic E-state index is 11.9. The fourth-order valence-electron chi connectivity index (χ4n) is 2.00. The van der Waals surface area contributed by atoms with Crippen LogP contribution in [0.5, 0.6) is 0 Å². The lowest BCUT2D eigenvalue weighted by molar-refractivity contribution is -0.00344. The first kappa shape index (κ1) is 14.8. The van der Waals surface area contributed by atoms with Crippen molar-refractivity contribution in [2.75, 3.05) is 26.2 Å². The molecule has 112 valence electrons. The zero-order valence-corrected chi connectivity index (χ0v) is 12.3. The smallest absolute Gasteiger partial charge is 0.317 e. The van der Waals surface area contributed by atoms with Crippen molar-refractivity contribution >= 4 is 6.03 Å². The first-order valence-corrected chi connectivity index (χ1v) is 7.03. The molecule has 0 saturated carbocycles. The molecule has 1 aliphatic heterocycles. The van der Waals surface area contributed by atoms with Gasteiger partial charge < -0.3 is 19.5 Å². The molecule has 2 rings (SSSR count). The van der Waals surface area contributed by atoms with E-state index < -0.39 is 0 Å². The van der Waals surface area contributed by atoms with Crippen molar-refractivity contribution in [3.63, 3.8) is 0 Å². The van der Waals surface area contributed by atoms with E-state index in [9.17, 15) is 4.79 Å². The maximum absolute atomic E-state index is 11.9. The van der Waals surface area contributed by atoms with Crippen LogP contribution in [0.1, 0.15) is 38.4 Å². The summed E-state index contributed by atoms with van der Waals surface area (Å²) < 4.78 is 10.5. The molecule has 0 bridgehead atoms. The Balaban J connectivity index is 1.73. The molecule has 7 heteroatoms. The fourth-order valence-corrected chi connectivity index (χ4v) is 2.00. The molecule has 0 unspecified atom stereocenters. The number of amides is 2. The third-order valence-electron chi connectivity index (χ3n) is 3.14. The maximum Gasteiger partial charge on any atom is 0.317 e. The lowest BCUT2D eigenvalue weighted by atomic mass is 10.2. The number of ether oxygens (including phenoxy) is 1. The molecule has 0 aromatic carbocycles. The summed E-state index contributed by atoms with van der Waals surface area (Å²) in [6.45, 7) is 8.33. The van der Waals surface area contributed by atoms with Crippen molar-refractivity contribution in [1.82, 2.24) is 20.4 Å². The van der Waals surface area contributed by atoms with Crippen LogP contribution in [0.2, 0.25) is 0 Å². The molecule has 0 aliphatic carbocycles. The Morgan fingerprint density at radius 1 is 1.55 bits per heavy atom. The summed E-state index contributed by atoms with van der Waals surface area (Å²) in [6.07, 6.45) is 0.643. The van der Waals surface area contributed by atoms with Crippen LogP contribution < -0.4 is 5.32 Å². The average Bonchev–Trinajstić information content (AvgIpc) is 2.87. The summed E-state index contributed by atoms with van der Waals surface area (Å²) >= 11 is 0. The zero-order valence-electron chi connectivity index (χ0n) is 12.3. The number of urea groups is 1. The number of aromatic nitrogens is 2. The minimum absolute atomic E-state index is 0.0660. The Labute approximate surface area is 118 Å². The SMILES string of the molecule is CC(C)c1noc(CCNC(=O)N2CCO[C@@H](C)C2)n1. The van der Waals surface area contributed by atoms with Crippen LogP contribution in [0, 0.1) is 0 Å². The molecule has 1 N–H and O–H groups in total. The van der Waals surface area contributed by atoms with Gasteiger partial charge in [0.25, 0.3) is 0 Å². The topological polar surface area (TPSA) is 80.5 Å². The quantitative estimate of drug-likeness (QED) is 0.896. The predicted molar refractivity (Wildman–Crippen MR) is 72.5 cm³/mol. The molecule has 2 amide bonds. The van der Waals surface area contributed by atoms with Crippen LogP contribution in [0.15, 0.2) is 4.52 Å². The summed E-state index contributed by atoms with van der Waals surface area (Å²) in [6, 6.07) is -0.0660. The highest BCUT2D eigenvalue weighted by atomic mass is 16.5. The van der Waals surface area contributed by atoms with Gasteiger partial charge in [-0.05, 0) is 6.92 Å². The van der Waals surface area contributed by atoms with E-state index in [1.54, 1.807) is 4.90 Å². The molecule has 1 aliphatic rings. The van der Waals surface area contributed by atoms with Gasteiger partial charge in [0.05, 0.1) is 12.7 Å². The second-order valence-electron chi connectivity index (χ2n) is 5.31. The number of carbonyl (C=O) groups excluding carboxylic acids is 1. The Morgan fingerprint density at radius 2 is 2.35 bits per heavy atom. The highest BCUT2D eigenvalue weighted by Gasteiger charge is 2.21. The molecule has 0 radical (unpaired) electrons. The Hall–Kier alpha value is -1.63. The largest absolute Gasteiger partial charge is 0.375 e. The van der Waals surface area contributed by atoms with Gasteiger partial charge in [-0.15, -0.1) is 0 Å². The normalized spacial score (nSPS) is 19.4. The zero-order chi connectivity index (χ0) is 14.5. The lowest BCUT2D eigenvalue weighted by Crippen LogP contribution is -2.49. The van der Waals surface area contributed by atoms with Gasteiger partial charge in [0, 0.05) is 32.0 Å². The Morgan fingerprint density at radius 3 is 3.00 bits per heavy atom. The van der Waals surface area contributed by atoms with Crippen LogP contribution in [-0.2, 0) is 11.2 Å². The summed E-state index contributed by atoms with van der Waals surface area (Å²) in [5, 5.41) is 6.75. The van der Waals surface area contributed by atoms with Crippen LogP contribution in [0.25, 0.3) is 0 Å². The van der Waals surface area contributed by atoms with Crippen molar-refractivity contribution < 1.29 is 14.1 Å². The molecular formula is C13H22N4O3. The second-order valence-corrected chi connectivity index (χ2v) is 5.31. The molecule has 1 saturated heterocycles. The standard InChI is InChI=1S/C13H22N4O3/c1-9(2)12-15-11(20-16-12)4-5-14-13(18)17-6-7-19-10(3)8-17/h9-10H,4-8H2,1-3H3,(H,14,18)/t10-/m0/s1. The Bertz CT molecular complexity index is 447. The van der Waals surface area contributed by atoms with Crippen molar-refractivity contribution in [2.45, 2.75) is 39.2 Å². The van der Waals surface area contributed by atoms with Gasteiger partial charge in [0.1, 0.15) is 0 Å². The molecular weight excluding hydrogens is 260 g/mol. The molecule has 20 heavy (non-hydrogen) atoms. The molecule has 0 spiro atoms. The van der Waals surface area contributed by atoms with Crippen LogP contribution in [-0.4, -0.2) is 53.4 Å². The first-order valence-electron chi connectivity index (χ1n) is 7.03. The summed E-state index contributed by atoms with van der Waals surface area (Å²) in [5.41, 5.74) is 0. The number of hydrogen-bond donors (Lipinski definition) is 1. The highest BCUT2D eigenvalue weighted by Crippen LogP contribution is 2.09. The van der Waals surface area contributed by atoms with Crippen LogP contribution in [0.4, 0.5) is 4.79 Å². The van der Waals surface area contributed by atoms with Gasteiger partial charge in [-0.2, -0.15) is 4.98 Å². The lowest BCUT2D eigenvalue weighted by Gasteiger charge is -2.31. The number of nitrogens with one attached hydrogen (secondary N) is 1. The van der Waals surface area contributed by atoms with Crippen molar-refractivity contribution in [3.05, 3.63) is 11.7 Å². The van der Waals surface area contributed by atoms with Gasteiger partial charge in [-0.1, -0.05) is 19.0 Å². The third kappa shape index (κ3) is 3.93. The van der Waals surface area contributed by atoms with Crippen LogP contribution >= 0.6 is 0 Å². The van der Waals surface area contributed by atoms with E-state index in [0.29, 0.717) is 44.4 Å². The van der Waals surface area contributed by atoms with Crippen molar-refractivity contribution in [3.8, 4) is 0 Å². The first-order chi connectivity index (χ1) is 9.56. The number of morpholine rings is 1. The number of rotatable bonds is 4. The van der Waals surface area contributed by atoms with E-state index >= 15 is 0 Å². The third-order valence-corrected chi connectivity index (χ3v) is 3.14. The van der Waals surface area contributed by atoms with E-state index in [2.05, 4.69) is 15.5 Å². The fraction of sp³-hybridized carbons (Fsp3) is 0.769. The van der Waals surface area contributed by atoms with Crippen molar-refractivity contribution in [1.29, 1.82) is 0 Å². The molecule has 7 nitrogen and oxygen atoms in total. The highest BCUT2D eigenvalue weighted by molar-refractivity contribution is 5.74. The molecule has 1 aromatic heterocycles. The van der Waals surface area contributed by atoms with Crippen LogP contribution in [0.3, 0.4) is 0 Å². The van der Waals surface area contributed by atoms with Gasteiger partial charge >= 0.3 is 6.03 Å². The molecule has 1 fully saturated rings. The van der Waals surface area contributed by atoms with Gasteiger partial charge in [0.2, 0.25) is 5.89 Å². The average molecular weight is 282 g/mol. The number of hydrogen-bond acceptors (Lipinski definition) is 5. The minimum Gasteiger partial charge on any atom is -0.375 e. The monoisotopic (exact) mass is 282 g/mol. The number of carbonyl (C=O) groups is 1. The Kier molecular flexibility index (Phi) is 4.94. The molecule has 2 heterocycles. The van der Waals surface area contributed by atoms with Gasteiger partial charge in [0.15, 0.2) is 5.82 Å². The second kappa shape index (κ2) is 6.69. The van der Waals surface area contributed by atoms with Gasteiger partial charge in [-0.25, -0.2) is 4.79 Å². The summed E-state index contributed by atoms with van der Waals surface area (Å²) in [4.78, 5) is 18.0. The van der Waals surface area contributed by atoms with E-state index in [1.165, 1.54) is 0 Å². The predicted octanol–water partition coefficient (Wildman–Crippen LogP) is 1.17. The van der Waals surface area contributed by atoms with Crippen molar-refractivity contribution in [2.24, 2.45) is 0 Å². The van der Waals surface area contributed by atoms with E-state index in [4.69, 9.17) is 9.26 Å². The van der Waals surface area contributed by atoms with E-state index in [0.717, 1.165) is 0 Å². The number of nitrogens with zero attached hydrogens (tertiary/aromatic N) is 3. The minimum atomic E-state index is -0.0660. The van der Waals surface area contributed by atoms with E-state index in [1.807, 2.05) is 20.8 Å². The molecule has 1 aromatic rings.